The summed E-state index contributed by atoms with van der Waals surface area (Å²) in [6.07, 6.45) is 2.09. The first kappa shape index (κ1) is 23.6. The van der Waals surface area contributed by atoms with Crippen molar-refractivity contribution in [1.29, 1.82) is 0 Å². The van der Waals surface area contributed by atoms with Gasteiger partial charge < -0.3 is 14.4 Å². The van der Waals surface area contributed by atoms with Crippen LogP contribution in [-0.4, -0.2) is 38.7 Å². The molecule has 1 aromatic carbocycles. The molecule has 3 heterocycles. The van der Waals surface area contributed by atoms with Crippen LogP contribution in [0.25, 0.3) is 0 Å². The van der Waals surface area contributed by atoms with Crippen molar-refractivity contribution in [1.82, 2.24) is 19.7 Å². The van der Waals surface area contributed by atoms with Crippen LogP contribution in [0, 0.1) is 0 Å². The molecule has 0 spiro atoms. The monoisotopic (exact) mass is 474 g/mol. The SMILES string of the molecule is O=C(Cn1cc(C(F)(F)F)cn1)N1CCCCCCOc2ccccc2Oc2ncccc2C1. The highest BCUT2D eigenvalue weighted by atomic mass is 19.4. The first-order chi connectivity index (χ1) is 16.4. The highest BCUT2D eigenvalue weighted by molar-refractivity contribution is 5.76. The minimum Gasteiger partial charge on any atom is -0.490 e. The van der Waals surface area contributed by atoms with Crippen LogP contribution < -0.4 is 9.47 Å². The highest BCUT2D eigenvalue weighted by Gasteiger charge is 2.32. The molecule has 34 heavy (non-hydrogen) atoms. The van der Waals surface area contributed by atoms with Crippen LogP contribution in [0.15, 0.2) is 55.0 Å². The Morgan fingerprint density at radius 1 is 1.03 bits per heavy atom. The van der Waals surface area contributed by atoms with Crippen LogP contribution in [0.3, 0.4) is 0 Å². The number of amides is 1. The van der Waals surface area contributed by atoms with Crippen molar-refractivity contribution < 1.29 is 27.4 Å². The maximum Gasteiger partial charge on any atom is 0.419 e. The van der Waals surface area contributed by atoms with E-state index in [1.165, 1.54) is 0 Å². The summed E-state index contributed by atoms with van der Waals surface area (Å²) in [5.74, 6) is 1.14. The van der Waals surface area contributed by atoms with E-state index in [2.05, 4.69) is 10.1 Å². The van der Waals surface area contributed by atoms with Crippen molar-refractivity contribution >= 4 is 5.91 Å². The molecule has 1 amide bonds. The molecular formula is C24H25F3N4O3. The summed E-state index contributed by atoms with van der Waals surface area (Å²) in [5.41, 5.74) is -0.204. The number of benzene rings is 1. The molecule has 2 aromatic heterocycles. The Bertz CT molecular complexity index is 1120. The second-order valence-electron chi connectivity index (χ2n) is 8.02. The molecule has 0 N–H and O–H groups in total. The molecule has 0 aliphatic carbocycles. The lowest BCUT2D eigenvalue weighted by Gasteiger charge is -2.24. The molecule has 0 atom stereocenters. The number of carbonyl (C=O) groups is 1. The maximum absolute atomic E-state index is 13.1. The van der Waals surface area contributed by atoms with Crippen LogP contribution in [0.5, 0.6) is 17.4 Å². The van der Waals surface area contributed by atoms with E-state index in [4.69, 9.17) is 9.47 Å². The van der Waals surface area contributed by atoms with Crippen molar-refractivity contribution in [3.05, 3.63) is 66.1 Å². The van der Waals surface area contributed by atoms with E-state index in [0.717, 1.165) is 42.8 Å². The lowest BCUT2D eigenvalue weighted by Crippen LogP contribution is -2.34. The molecule has 0 bridgehead atoms. The van der Waals surface area contributed by atoms with Gasteiger partial charge in [0.15, 0.2) is 11.5 Å². The molecule has 0 saturated carbocycles. The number of rotatable bonds is 2. The predicted octanol–water partition coefficient (Wildman–Crippen LogP) is 5.07. The van der Waals surface area contributed by atoms with Crippen molar-refractivity contribution in [2.24, 2.45) is 0 Å². The molecule has 0 fully saturated rings. The van der Waals surface area contributed by atoms with Gasteiger partial charge in [-0.2, -0.15) is 18.3 Å². The van der Waals surface area contributed by atoms with Crippen LogP contribution in [-0.2, 0) is 24.1 Å². The molecule has 7 nitrogen and oxygen atoms in total. The van der Waals surface area contributed by atoms with Crippen molar-refractivity contribution in [3.8, 4) is 17.4 Å². The summed E-state index contributed by atoms with van der Waals surface area (Å²) < 4.78 is 51.7. The zero-order chi connectivity index (χ0) is 24.0. The minimum atomic E-state index is -4.51. The molecule has 3 aromatic rings. The summed E-state index contributed by atoms with van der Waals surface area (Å²) in [4.78, 5) is 19.0. The van der Waals surface area contributed by atoms with Gasteiger partial charge in [0, 0.05) is 24.5 Å². The number of ether oxygens (including phenoxy) is 2. The summed E-state index contributed by atoms with van der Waals surface area (Å²) in [5, 5.41) is 3.71. The Morgan fingerprint density at radius 3 is 2.62 bits per heavy atom. The number of para-hydroxylation sites is 2. The largest absolute Gasteiger partial charge is 0.490 e. The average molecular weight is 474 g/mol. The molecular weight excluding hydrogens is 449 g/mol. The van der Waals surface area contributed by atoms with Gasteiger partial charge in [-0.25, -0.2) is 4.98 Å². The molecule has 0 radical (unpaired) electrons. The topological polar surface area (TPSA) is 69.5 Å². The van der Waals surface area contributed by atoms with Crippen LogP contribution in [0.1, 0.15) is 36.8 Å². The fraction of sp³-hybridized carbons (Fsp3) is 0.375. The molecule has 180 valence electrons. The van der Waals surface area contributed by atoms with Gasteiger partial charge in [-0.05, 0) is 31.0 Å². The quantitative estimate of drug-likeness (QED) is 0.519. The number of pyridine rings is 1. The zero-order valence-electron chi connectivity index (χ0n) is 18.5. The Labute approximate surface area is 195 Å². The Balaban J connectivity index is 1.57. The first-order valence-electron chi connectivity index (χ1n) is 11.1. The normalized spacial score (nSPS) is 15.3. The third-order valence-corrected chi connectivity index (χ3v) is 5.46. The fourth-order valence-electron chi connectivity index (χ4n) is 3.67. The van der Waals surface area contributed by atoms with Crippen LogP contribution >= 0.6 is 0 Å². The van der Waals surface area contributed by atoms with Gasteiger partial charge in [0.05, 0.1) is 24.9 Å². The number of nitrogens with zero attached hydrogens (tertiary/aromatic N) is 4. The second-order valence-corrected chi connectivity index (χ2v) is 8.02. The number of alkyl halides is 3. The van der Waals surface area contributed by atoms with Crippen molar-refractivity contribution in [2.45, 2.75) is 44.9 Å². The summed E-state index contributed by atoms with van der Waals surface area (Å²) in [7, 11) is 0. The van der Waals surface area contributed by atoms with Gasteiger partial charge in [0.1, 0.15) is 6.54 Å². The van der Waals surface area contributed by atoms with Gasteiger partial charge in [-0.15, -0.1) is 0 Å². The van der Waals surface area contributed by atoms with E-state index >= 15 is 0 Å². The van der Waals surface area contributed by atoms with Crippen LogP contribution in [0.4, 0.5) is 13.2 Å². The minimum absolute atomic E-state index is 0.207. The second kappa shape index (κ2) is 10.6. The smallest absolute Gasteiger partial charge is 0.419 e. The Kier molecular flexibility index (Phi) is 7.34. The summed E-state index contributed by atoms with van der Waals surface area (Å²) in [6.45, 7) is 0.915. The van der Waals surface area contributed by atoms with Gasteiger partial charge in [-0.1, -0.05) is 31.0 Å². The van der Waals surface area contributed by atoms with Gasteiger partial charge >= 0.3 is 6.18 Å². The van der Waals surface area contributed by atoms with Crippen LogP contribution in [0.2, 0.25) is 0 Å². The van der Waals surface area contributed by atoms with Gasteiger partial charge in [0.25, 0.3) is 0 Å². The number of carbonyl (C=O) groups excluding carboxylic acids is 1. The highest BCUT2D eigenvalue weighted by Crippen LogP contribution is 2.33. The predicted molar refractivity (Wildman–Crippen MR) is 117 cm³/mol. The van der Waals surface area contributed by atoms with E-state index in [0.29, 0.717) is 36.1 Å². The van der Waals surface area contributed by atoms with E-state index in [9.17, 15) is 18.0 Å². The lowest BCUT2D eigenvalue weighted by atomic mass is 10.1. The summed E-state index contributed by atoms with van der Waals surface area (Å²) >= 11 is 0. The number of hydrogen-bond acceptors (Lipinski definition) is 5. The number of fused-ring (bicyclic) bond motifs is 2. The molecule has 10 heteroatoms. The third kappa shape index (κ3) is 6.06. The fourth-order valence-corrected chi connectivity index (χ4v) is 3.67. The molecule has 0 unspecified atom stereocenters. The Morgan fingerprint density at radius 2 is 1.82 bits per heavy atom. The van der Waals surface area contributed by atoms with Gasteiger partial charge in [0.2, 0.25) is 11.8 Å². The maximum atomic E-state index is 13.1. The number of halogens is 3. The lowest BCUT2D eigenvalue weighted by molar-refractivity contribution is -0.138. The molecule has 1 aliphatic heterocycles. The molecule has 1 aliphatic rings. The third-order valence-electron chi connectivity index (χ3n) is 5.46. The standard InChI is InChI=1S/C24H25F3N4O3/c25-24(26,27)19-14-29-31(16-19)17-22(32)30-12-5-1-2-6-13-33-20-9-3-4-10-21(20)34-23-18(15-30)8-7-11-28-23/h3-4,7-11,14,16H,1-2,5-6,12-13,15,17H2. The average Bonchev–Trinajstić information content (AvgIpc) is 3.28. The summed E-state index contributed by atoms with van der Waals surface area (Å²) in [6, 6.07) is 10.9. The van der Waals surface area contributed by atoms with Crippen molar-refractivity contribution in [2.75, 3.05) is 13.2 Å². The van der Waals surface area contributed by atoms with E-state index in [1.54, 1.807) is 23.2 Å². The van der Waals surface area contributed by atoms with E-state index in [-0.39, 0.29) is 19.0 Å². The van der Waals surface area contributed by atoms with E-state index < -0.39 is 11.7 Å². The first-order valence-corrected chi connectivity index (χ1v) is 11.1. The molecule has 4 rings (SSSR count). The number of hydrogen-bond donors (Lipinski definition) is 0. The Hall–Kier alpha value is -3.56. The zero-order valence-corrected chi connectivity index (χ0v) is 18.5. The number of aromatic nitrogens is 3. The van der Waals surface area contributed by atoms with Crippen molar-refractivity contribution in [3.63, 3.8) is 0 Å². The molecule has 0 saturated heterocycles. The van der Waals surface area contributed by atoms with E-state index in [1.807, 2.05) is 24.3 Å². The van der Waals surface area contributed by atoms with Gasteiger partial charge in [-0.3, -0.25) is 9.48 Å².